The van der Waals surface area contributed by atoms with Crippen LogP contribution in [0.2, 0.25) is 5.02 Å². The minimum atomic E-state index is -0.00952. The Bertz CT molecular complexity index is 385. The smallest absolute Gasteiger partial charge is 0.125 e. The maximum Gasteiger partial charge on any atom is 0.125 e. The molecule has 15 heavy (non-hydrogen) atoms. The summed E-state index contributed by atoms with van der Waals surface area (Å²) in [5.41, 5.74) is 8.29. The third-order valence-electron chi connectivity index (χ3n) is 2.96. The lowest BCUT2D eigenvalue weighted by Crippen LogP contribution is -2.24. The second-order valence-corrected chi connectivity index (χ2v) is 4.89. The molecule has 0 bridgehead atoms. The van der Waals surface area contributed by atoms with Gasteiger partial charge in [-0.15, -0.1) is 0 Å². The second-order valence-electron chi connectivity index (χ2n) is 4.45. The van der Waals surface area contributed by atoms with Crippen molar-refractivity contribution in [1.29, 1.82) is 0 Å². The standard InChI is InChI=1S/C12H16ClNO/c1-8-5-10(13)6-9(11(8)15-2)7-12(14)3-4-12/h5-6H,3-4,7,14H2,1-2H3. The highest BCUT2D eigenvalue weighted by molar-refractivity contribution is 6.30. The minimum absolute atomic E-state index is 0.00952. The predicted molar refractivity (Wildman–Crippen MR) is 62.6 cm³/mol. The molecule has 2 nitrogen and oxygen atoms in total. The van der Waals surface area contributed by atoms with Gasteiger partial charge >= 0.3 is 0 Å². The van der Waals surface area contributed by atoms with E-state index in [1.165, 1.54) is 0 Å². The fourth-order valence-corrected chi connectivity index (χ4v) is 2.23. The third-order valence-corrected chi connectivity index (χ3v) is 3.17. The minimum Gasteiger partial charge on any atom is -0.496 e. The normalized spacial score (nSPS) is 17.6. The summed E-state index contributed by atoms with van der Waals surface area (Å²) in [7, 11) is 1.69. The Labute approximate surface area is 95.4 Å². The summed E-state index contributed by atoms with van der Waals surface area (Å²) >= 11 is 6.03. The Morgan fingerprint density at radius 1 is 1.47 bits per heavy atom. The first-order chi connectivity index (χ1) is 7.04. The maximum absolute atomic E-state index is 6.10. The molecule has 0 spiro atoms. The summed E-state index contributed by atoms with van der Waals surface area (Å²) in [4.78, 5) is 0. The van der Waals surface area contributed by atoms with Crippen molar-refractivity contribution in [1.82, 2.24) is 0 Å². The fraction of sp³-hybridized carbons (Fsp3) is 0.500. The Morgan fingerprint density at radius 2 is 2.13 bits per heavy atom. The first-order valence-corrected chi connectivity index (χ1v) is 5.54. The number of methoxy groups -OCH3 is 1. The highest BCUT2D eigenvalue weighted by atomic mass is 35.5. The van der Waals surface area contributed by atoms with Gasteiger partial charge in [0.1, 0.15) is 5.75 Å². The zero-order chi connectivity index (χ0) is 11.1. The number of hydrogen-bond acceptors (Lipinski definition) is 2. The molecule has 0 aliphatic heterocycles. The Balaban J connectivity index is 2.35. The van der Waals surface area contributed by atoms with Crippen LogP contribution in [0.15, 0.2) is 12.1 Å². The summed E-state index contributed by atoms with van der Waals surface area (Å²) in [6.07, 6.45) is 3.06. The fourth-order valence-electron chi connectivity index (χ4n) is 1.94. The maximum atomic E-state index is 6.10. The number of benzene rings is 1. The van der Waals surface area contributed by atoms with Gasteiger partial charge in [-0.25, -0.2) is 0 Å². The molecule has 0 atom stereocenters. The van der Waals surface area contributed by atoms with Gasteiger partial charge in [-0.2, -0.15) is 0 Å². The molecule has 0 unspecified atom stereocenters. The lowest BCUT2D eigenvalue weighted by atomic mass is 10.0. The van der Waals surface area contributed by atoms with Crippen LogP contribution in [0.4, 0.5) is 0 Å². The lowest BCUT2D eigenvalue weighted by molar-refractivity contribution is 0.404. The highest BCUT2D eigenvalue weighted by Crippen LogP contribution is 2.39. The molecule has 0 radical (unpaired) electrons. The largest absolute Gasteiger partial charge is 0.496 e. The lowest BCUT2D eigenvalue weighted by Gasteiger charge is -2.15. The molecule has 3 heteroatoms. The first kappa shape index (κ1) is 10.8. The van der Waals surface area contributed by atoms with E-state index in [1.54, 1.807) is 7.11 Å². The molecule has 1 aromatic rings. The monoisotopic (exact) mass is 225 g/mol. The van der Waals surface area contributed by atoms with Crippen molar-refractivity contribution in [2.75, 3.05) is 7.11 Å². The zero-order valence-corrected chi connectivity index (χ0v) is 9.90. The summed E-state index contributed by atoms with van der Waals surface area (Å²) in [6, 6.07) is 3.88. The van der Waals surface area contributed by atoms with Crippen molar-refractivity contribution >= 4 is 11.6 Å². The van der Waals surface area contributed by atoms with E-state index >= 15 is 0 Å². The van der Waals surface area contributed by atoms with Crippen LogP contribution in [0, 0.1) is 6.92 Å². The van der Waals surface area contributed by atoms with E-state index in [4.69, 9.17) is 22.1 Å². The molecule has 0 aromatic heterocycles. The van der Waals surface area contributed by atoms with Crippen LogP contribution in [0.3, 0.4) is 0 Å². The number of aryl methyl sites for hydroxylation is 1. The van der Waals surface area contributed by atoms with Crippen molar-refractivity contribution < 1.29 is 4.74 Å². The van der Waals surface area contributed by atoms with Crippen molar-refractivity contribution in [3.8, 4) is 5.75 Å². The van der Waals surface area contributed by atoms with Crippen molar-refractivity contribution in [3.63, 3.8) is 0 Å². The van der Waals surface area contributed by atoms with Gasteiger partial charge in [-0.05, 0) is 49.4 Å². The van der Waals surface area contributed by atoms with E-state index in [1.807, 2.05) is 19.1 Å². The van der Waals surface area contributed by atoms with Crippen LogP contribution in [-0.4, -0.2) is 12.6 Å². The summed E-state index contributed by atoms with van der Waals surface area (Å²) < 4.78 is 5.39. The number of rotatable bonds is 3. The van der Waals surface area contributed by atoms with Crippen LogP contribution in [0.25, 0.3) is 0 Å². The van der Waals surface area contributed by atoms with E-state index < -0.39 is 0 Å². The quantitative estimate of drug-likeness (QED) is 0.859. The van der Waals surface area contributed by atoms with E-state index in [-0.39, 0.29) is 5.54 Å². The van der Waals surface area contributed by atoms with Gasteiger partial charge in [0.15, 0.2) is 0 Å². The molecule has 1 aromatic carbocycles. The van der Waals surface area contributed by atoms with Gasteiger partial charge in [0.25, 0.3) is 0 Å². The third kappa shape index (κ3) is 2.27. The SMILES string of the molecule is COc1c(C)cc(Cl)cc1CC1(N)CC1. The van der Waals surface area contributed by atoms with E-state index in [9.17, 15) is 0 Å². The number of hydrogen-bond donors (Lipinski definition) is 1. The number of halogens is 1. The molecule has 1 fully saturated rings. The topological polar surface area (TPSA) is 35.2 Å². The first-order valence-electron chi connectivity index (χ1n) is 5.16. The van der Waals surface area contributed by atoms with Crippen LogP contribution in [-0.2, 0) is 6.42 Å². The summed E-state index contributed by atoms with van der Waals surface area (Å²) in [5, 5.41) is 0.757. The van der Waals surface area contributed by atoms with E-state index in [2.05, 4.69) is 0 Å². The van der Waals surface area contributed by atoms with Crippen LogP contribution < -0.4 is 10.5 Å². The molecule has 0 saturated heterocycles. The summed E-state index contributed by atoms with van der Waals surface area (Å²) in [6.45, 7) is 2.00. The van der Waals surface area contributed by atoms with Crippen LogP contribution in [0.5, 0.6) is 5.75 Å². The van der Waals surface area contributed by atoms with Crippen LogP contribution in [0.1, 0.15) is 24.0 Å². The Hall–Kier alpha value is -0.730. The van der Waals surface area contributed by atoms with Crippen molar-refractivity contribution in [2.24, 2.45) is 5.73 Å². The average molecular weight is 226 g/mol. The van der Waals surface area contributed by atoms with E-state index in [0.29, 0.717) is 0 Å². The number of ether oxygens (including phenoxy) is 1. The molecule has 0 heterocycles. The van der Waals surface area contributed by atoms with Gasteiger partial charge in [-0.3, -0.25) is 0 Å². The Kier molecular flexibility index (Phi) is 2.65. The van der Waals surface area contributed by atoms with Crippen LogP contribution >= 0.6 is 11.6 Å². The molecular formula is C12H16ClNO. The van der Waals surface area contributed by atoms with E-state index in [0.717, 1.165) is 41.2 Å². The van der Waals surface area contributed by atoms with Gasteiger partial charge < -0.3 is 10.5 Å². The second kappa shape index (κ2) is 3.69. The number of nitrogens with two attached hydrogens (primary N) is 1. The molecule has 1 aliphatic carbocycles. The summed E-state index contributed by atoms with van der Waals surface area (Å²) in [5.74, 6) is 0.927. The molecule has 0 amide bonds. The average Bonchev–Trinajstić information content (AvgIpc) is 2.82. The van der Waals surface area contributed by atoms with Crippen molar-refractivity contribution in [2.45, 2.75) is 31.7 Å². The van der Waals surface area contributed by atoms with Gasteiger partial charge in [0, 0.05) is 10.6 Å². The molecule has 1 aliphatic rings. The van der Waals surface area contributed by atoms with Crippen molar-refractivity contribution in [3.05, 3.63) is 28.3 Å². The molecular weight excluding hydrogens is 210 g/mol. The predicted octanol–water partition coefficient (Wildman–Crippen LogP) is 2.69. The molecule has 82 valence electrons. The van der Waals surface area contributed by atoms with Gasteiger partial charge in [0.2, 0.25) is 0 Å². The van der Waals surface area contributed by atoms with Gasteiger partial charge in [-0.1, -0.05) is 11.6 Å². The Morgan fingerprint density at radius 3 is 2.67 bits per heavy atom. The molecule has 1 saturated carbocycles. The zero-order valence-electron chi connectivity index (χ0n) is 9.14. The van der Waals surface area contributed by atoms with Gasteiger partial charge in [0.05, 0.1) is 7.11 Å². The highest BCUT2D eigenvalue weighted by Gasteiger charge is 2.38. The molecule has 2 rings (SSSR count). The molecule has 2 N–H and O–H groups in total.